The molecule has 0 aromatic heterocycles. The molecule has 0 rings (SSSR count). The lowest BCUT2D eigenvalue weighted by Gasteiger charge is -2.14. The molecule has 0 fully saturated rings. The molecule has 0 aliphatic rings. The summed E-state index contributed by atoms with van der Waals surface area (Å²) >= 11 is 0. The van der Waals surface area contributed by atoms with Crippen molar-refractivity contribution < 1.29 is 4.79 Å². The van der Waals surface area contributed by atoms with Crippen LogP contribution in [0.1, 0.15) is 65.2 Å². The average Bonchev–Trinajstić information content (AvgIpc) is 2.17. The van der Waals surface area contributed by atoms with Crippen molar-refractivity contribution in [3.63, 3.8) is 0 Å². The molecule has 0 aliphatic heterocycles. The molecule has 0 amide bonds. The smallest absolute Gasteiger partial charge is 0.120 e. The van der Waals surface area contributed by atoms with E-state index >= 15 is 0 Å². The SMILES string of the molecule is CCCCC(CCC=O)CCCC. The van der Waals surface area contributed by atoms with Crippen LogP contribution in [-0.2, 0) is 4.79 Å². The Morgan fingerprint density at radius 1 is 1.00 bits per heavy atom. The zero-order valence-electron chi connectivity index (χ0n) is 9.22. The van der Waals surface area contributed by atoms with Crippen LogP contribution in [0.3, 0.4) is 0 Å². The fraction of sp³-hybridized carbons (Fsp3) is 0.917. The molecule has 0 atom stereocenters. The molecule has 78 valence electrons. The molecule has 0 N–H and O–H groups in total. The van der Waals surface area contributed by atoms with E-state index < -0.39 is 0 Å². The topological polar surface area (TPSA) is 17.1 Å². The lowest BCUT2D eigenvalue weighted by Crippen LogP contribution is -2.01. The molecular formula is C12H24O. The zero-order valence-corrected chi connectivity index (χ0v) is 9.22. The van der Waals surface area contributed by atoms with E-state index in [-0.39, 0.29) is 0 Å². The fourth-order valence-corrected chi connectivity index (χ4v) is 1.72. The van der Waals surface area contributed by atoms with Crippen LogP contribution >= 0.6 is 0 Å². The van der Waals surface area contributed by atoms with Gasteiger partial charge in [0.05, 0.1) is 0 Å². The predicted octanol–water partition coefficient (Wildman–Crippen LogP) is 3.96. The number of hydrogen-bond donors (Lipinski definition) is 0. The highest BCUT2D eigenvalue weighted by atomic mass is 16.1. The van der Waals surface area contributed by atoms with Crippen LogP contribution in [0.15, 0.2) is 0 Å². The monoisotopic (exact) mass is 184 g/mol. The molecule has 0 saturated heterocycles. The fourth-order valence-electron chi connectivity index (χ4n) is 1.72. The van der Waals surface area contributed by atoms with Gasteiger partial charge in [-0.3, -0.25) is 0 Å². The summed E-state index contributed by atoms with van der Waals surface area (Å²) in [7, 11) is 0. The molecular weight excluding hydrogens is 160 g/mol. The molecule has 13 heavy (non-hydrogen) atoms. The lowest BCUT2D eigenvalue weighted by molar-refractivity contribution is -0.108. The highest BCUT2D eigenvalue weighted by molar-refractivity contribution is 5.49. The van der Waals surface area contributed by atoms with Gasteiger partial charge in [0.1, 0.15) is 6.29 Å². The second-order valence-corrected chi connectivity index (χ2v) is 3.89. The quantitative estimate of drug-likeness (QED) is 0.496. The van der Waals surface area contributed by atoms with Crippen LogP contribution in [0.4, 0.5) is 0 Å². The van der Waals surface area contributed by atoms with E-state index in [2.05, 4.69) is 13.8 Å². The molecule has 0 heterocycles. The van der Waals surface area contributed by atoms with E-state index in [1.165, 1.54) is 38.5 Å². The van der Waals surface area contributed by atoms with E-state index in [1.807, 2.05) is 0 Å². The van der Waals surface area contributed by atoms with E-state index in [4.69, 9.17) is 0 Å². The Morgan fingerprint density at radius 3 is 1.92 bits per heavy atom. The van der Waals surface area contributed by atoms with Gasteiger partial charge in [-0.2, -0.15) is 0 Å². The van der Waals surface area contributed by atoms with Gasteiger partial charge in [-0.05, 0) is 12.3 Å². The zero-order chi connectivity index (χ0) is 9.94. The maximum atomic E-state index is 10.3. The highest BCUT2D eigenvalue weighted by Crippen LogP contribution is 2.20. The summed E-state index contributed by atoms with van der Waals surface area (Å²) in [5.41, 5.74) is 0. The van der Waals surface area contributed by atoms with Gasteiger partial charge in [0.15, 0.2) is 0 Å². The largest absolute Gasteiger partial charge is 0.303 e. The number of carbonyl (C=O) groups is 1. The highest BCUT2D eigenvalue weighted by Gasteiger charge is 2.06. The first-order valence-electron chi connectivity index (χ1n) is 5.78. The Kier molecular flexibility index (Phi) is 9.51. The van der Waals surface area contributed by atoms with E-state index in [9.17, 15) is 4.79 Å². The van der Waals surface area contributed by atoms with E-state index in [0.717, 1.165) is 25.0 Å². The van der Waals surface area contributed by atoms with Crippen molar-refractivity contribution in [1.82, 2.24) is 0 Å². The first-order valence-corrected chi connectivity index (χ1v) is 5.78. The van der Waals surface area contributed by atoms with Crippen LogP contribution in [-0.4, -0.2) is 6.29 Å². The molecule has 0 aromatic rings. The second kappa shape index (κ2) is 9.76. The molecule has 1 nitrogen and oxygen atoms in total. The first-order chi connectivity index (χ1) is 6.35. The van der Waals surface area contributed by atoms with Crippen molar-refractivity contribution in [3.8, 4) is 0 Å². The van der Waals surface area contributed by atoms with Gasteiger partial charge in [-0.1, -0.05) is 52.4 Å². The molecule has 0 radical (unpaired) electrons. The summed E-state index contributed by atoms with van der Waals surface area (Å²) in [5.74, 6) is 0.810. The van der Waals surface area contributed by atoms with Crippen molar-refractivity contribution in [3.05, 3.63) is 0 Å². The summed E-state index contributed by atoms with van der Waals surface area (Å²) in [4.78, 5) is 10.3. The van der Waals surface area contributed by atoms with Crippen LogP contribution in [0.5, 0.6) is 0 Å². The minimum Gasteiger partial charge on any atom is -0.303 e. The number of unbranched alkanes of at least 4 members (excludes halogenated alkanes) is 2. The van der Waals surface area contributed by atoms with Gasteiger partial charge in [0.25, 0.3) is 0 Å². The van der Waals surface area contributed by atoms with Crippen LogP contribution in [0.25, 0.3) is 0 Å². The van der Waals surface area contributed by atoms with Crippen molar-refractivity contribution >= 4 is 6.29 Å². The summed E-state index contributed by atoms with van der Waals surface area (Å²) in [6.45, 7) is 4.47. The van der Waals surface area contributed by atoms with Gasteiger partial charge >= 0.3 is 0 Å². The van der Waals surface area contributed by atoms with Crippen molar-refractivity contribution in [2.75, 3.05) is 0 Å². The third-order valence-corrected chi connectivity index (χ3v) is 2.62. The van der Waals surface area contributed by atoms with E-state index in [0.29, 0.717) is 0 Å². The van der Waals surface area contributed by atoms with Crippen molar-refractivity contribution in [2.45, 2.75) is 65.2 Å². The van der Waals surface area contributed by atoms with E-state index in [1.54, 1.807) is 0 Å². The van der Waals surface area contributed by atoms with Gasteiger partial charge in [-0.15, -0.1) is 0 Å². The van der Waals surface area contributed by atoms with Gasteiger partial charge < -0.3 is 4.79 Å². The third kappa shape index (κ3) is 8.01. The number of rotatable bonds is 9. The number of hydrogen-bond acceptors (Lipinski definition) is 1. The number of carbonyl (C=O) groups excluding carboxylic acids is 1. The normalized spacial score (nSPS) is 10.7. The summed E-state index contributed by atoms with van der Waals surface area (Å²) in [5, 5.41) is 0. The lowest BCUT2D eigenvalue weighted by atomic mass is 9.92. The Balaban J connectivity index is 3.52. The molecule has 0 aromatic carbocycles. The van der Waals surface area contributed by atoms with Gasteiger partial charge in [0, 0.05) is 6.42 Å². The minimum absolute atomic E-state index is 0.762. The molecule has 0 aliphatic carbocycles. The molecule has 0 bridgehead atoms. The first kappa shape index (κ1) is 12.7. The standard InChI is InChI=1S/C12H24O/c1-3-5-8-12(9-6-4-2)10-7-11-13/h11-12H,3-10H2,1-2H3. The molecule has 1 heteroatoms. The second-order valence-electron chi connectivity index (χ2n) is 3.89. The average molecular weight is 184 g/mol. The summed E-state index contributed by atoms with van der Waals surface area (Å²) in [6.07, 6.45) is 10.8. The summed E-state index contributed by atoms with van der Waals surface area (Å²) in [6, 6.07) is 0. The van der Waals surface area contributed by atoms with Crippen LogP contribution < -0.4 is 0 Å². The third-order valence-electron chi connectivity index (χ3n) is 2.62. The molecule has 0 saturated carbocycles. The Bertz CT molecular complexity index is 102. The number of aldehydes is 1. The predicted molar refractivity (Wildman–Crippen MR) is 57.8 cm³/mol. The summed E-state index contributed by atoms with van der Waals surface area (Å²) < 4.78 is 0. The van der Waals surface area contributed by atoms with Crippen LogP contribution in [0, 0.1) is 5.92 Å². The maximum absolute atomic E-state index is 10.3. The minimum atomic E-state index is 0.762. The van der Waals surface area contributed by atoms with Crippen LogP contribution in [0.2, 0.25) is 0 Å². The molecule has 0 spiro atoms. The van der Waals surface area contributed by atoms with Gasteiger partial charge in [0.2, 0.25) is 0 Å². The molecule has 0 unspecified atom stereocenters. The Morgan fingerprint density at radius 2 is 1.54 bits per heavy atom. The van der Waals surface area contributed by atoms with Gasteiger partial charge in [-0.25, -0.2) is 0 Å². The van der Waals surface area contributed by atoms with Crippen molar-refractivity contribution in [2.24, 2.45) is 5.92 Å². The Hall–Kier alpha value is -0.330. The maximum Gasteiger partial charge on any atom is 0.120 e. The Labute approximate surface area is 82.9 Å². The van der Waals surface area contributed by atoms with Crippen molar-refractivity contribution in [1.29, 1.82) is 0 Å².